The molecule has 0 saturated carbocycles. The molecule has 0 aromatic heterocycles. The molecule has 0 unspecified atom stereocenters. The van der Waals surface area contributed by atoms with E-state index in [0.717, 1.165) is 28.9 Å². The first-order chi connectivity index (χ1) is 12.6. The van der Waals surface area contributed by atoms with Crippen LogP contribution in [0.5, 0.6) is 5.75 Å². The van der Waals surface area contributed by atoms with Crippen LogP contribution in [0.25, 0.3) is 11.1 Å². The zero-order valence-corrected chi connectivity index (χ0v) is 15.1. The highest BCUT2D eigenvalue weighted by Crippen LogP contribution is 2.32. The lowest BCUT2D eigenvalue weighted by molar-refractivity contribution is -0.238. The molecule has 0 aliphatic carbocycles. The van der Waals surface area contributed by atoms with Crippen molar-refractivity contribution in [3.05, 3.63) is 66.7 Å². The lowest BCUT2D eigenvalue weighted by Crippen LogP contribution is -2.41. The molecule has 1 saturated heterocycles. The second-order valence-electron chi connectivity index (χ2n) is 6.60. The van der Waals surface area contributed by atoms with Gasteiger partial charge in [0.15, 0.2) is 12.0 Å². The van der Waals surface area contributed by atoms with E-state index in [1.54, 1.807) is 6.08 Å². The van der Waals surface area contributed by atoms with Crippen LogP contribution >= 0.6 is 0 Å². The molecule has 0 atom stereocenters. The normalized spacial score (nSPS) is 22.8. The van der Waals surface area contributed by atoms with Crippen molar-refractivity contribution >= 4 is 0 Å². The Labute approximate surface area is 154 Å². The number of alkyl halides is 1. The smallest absolute Gasteiger partial charge is 0.184 e. The highest BCUT2D eigenvalue weighted by Gasteiger charge is 2.36. The number of halogens is 1. The van der Waals surface area contributed by atoms with Crippen LogP contribution in [0.3, 0.4) is 0 Å². The van der Waals surface area contributed by atoms with Gasteiger partial charge in [0.1, 0.15) is 12.4 Å². The average Bonchev–Trinajstić information content (AvgIpc) is 2.68. The molecule has 0 N–H and O–H groups in total. The molecule has 3 rings (SSSR count). The van der Waals surface area contributed by atoms with Gasteiger partial charge >= 0.3 is 0 Å². The molecule has 0 bridgehead atoms. The third-order valence-electron chi connectivity index (χ3n) is 4.42. The van der Waals surface area contributed by atoms with E-state index in [1.165, 1.54) is 0 Å². The van der Waals surface area contributed by atoms with Crippen LogP contribution in [0, 0.1) is 0 Å². The second kappa shape index (κ2) is 8.47. The molecule has 0 radical (unpaired) electrons. The molecule has 1 heterocycles. The Hall–Kier alpha value is -2.17. The summed E-state index contributed by atoms with van der Waals surface area (Å²) in [7, 11) is 0. The number of rotatable bonds is 7. The van der Waals surface area contributed by atoms with E-state index in [1.807, 2.05) is 55.5 Å². The average molecular weight is 356 g/mol. The third kappa shape index (κ3) is 4.51. The fourth-order valence-electron chi connectivity index (χ4n) is 3.06. The maximum absolute atomic E-state index is 14.4. The molecule has 1 aliphatic heterocycles. The Morgan fingerprint density at radius 3 is 2.19 bits per heavy atom. The third-order valence-corrected chi connectivity index (χ3v) is 4.42. The summed E-state index contributed by atoms with van der Waals surface area (Å²) in [6.45, 7) is 6.26. The molecular formula is C22H25FO3. The monoisotopic (exact) mass is 356 g/mol. The van der Waals surface area contributed by atoms with Crippen LogP contribution in [0.1, 0.15) is 31.6 Å². The van der Waals surface area contributed by atoms with E-state index < -0.39 is 12.0 Å². The SMILES string of the molecule is C=CCOc1ccc(-c2ccc(C3OCC(F)(CCC)CO3)cc2)cc1. The lowest BCUT2D eigenvalue weighted by atomic mass is 10.0. The van der Waals surface area contributed by atoms with Gasteiger partial charge in [0, 0.05) is 5.56 Å². The predicted octanol–water partition coefficient (Wildman–Crippen LogP) is 5.47. The molecule has 1 aliphatic rings. The van der Waals surface area contributed by atoms with Gasteiger partial charge in [-0.05, 0) is 29.7 Å². The van der Waals surface area contributed by atoms with E-state index in [0.29, 0.717) is 13.0 Å². The highest BCUT2D eigenvalue weighted by atomic mass is 19.1. The molecule has 2 aromatic carbocycles. The van der Waals surface area contributed by atoms with Gasteiger partial charge in [-0.3, -0.25) is 0 Å². The van der Waals surface area contributed by atoms with Gasteiger partial charge in [0.25, 0.3) is 0 Å². The molecule has 4 heteroatoms. The zero-order chi connectivity index (χ0) is 18.4. The van der Waals surface area contributed by atoms with E-state index in [9.17, 15) is 4.39 Å². The first kappa shape index (κ1) is 18.6. The molecule has 1 fully saturated rings. The van der Waals surface area contributed by atoms with Gasteiger partial charge in [-0.1, -0.05) is 62.4 Å². The molecule has 2 aromatic rings. The van der Waals surface area contributed by atoms with Crippen LogP contribution in [-0.4, -0.2) is 25.5 Å². The summed E-state index contributed by atoms with van der Waals surface area (Å²) in [6.07, 6.45) is 2.46. The van der Waals surface area contributed by atoms with Gasteiger partial charge < -0.3 is 14.2 Å². The maximum Gasteiger partial charge on any atom is 0.184 e. The van der Waals surface area contributed by atoms with Gasteiger partial charge in [-0.2, -0.15) is 0 Å². The van der Waals surface area contributed by atoms with E-state index in [4.69, 9.17) is 14.2 Å². The summed E-state index contributed by atoms with van der Waals surface area (Å²) in [5.74, 6) is 0.816. The second-order valence-corrected chi connectivity index (χ2v) is 6.60. The molecular weight excluding hydrogens is 331 g/mol. The predicted molar refractivity (Wildman–Crippen MR) is 101 cm³/mol. The molecule has 0 amide bonds. The number of benzene rings is 2. The zero-order valence-electron chi connectivity index (χ0n) is 15.1. The standard InChI is InChI=1S/C22H25FO3/c1-3-13-22(23)15-25-21(26-16-22)19-7-5-17(6-8-19)18-9-11-20(12-10-18)24-14-4-2/h4-12,21H,2-3,13-16H2,1H3. The molecule has 3 nitrogen and oxygen atoms in total. The largest absolute Gasteiger partial charge is 0.490 e. The Bertz CT molecular complexity index is 701. The summed E-state index contributed by atoms with van der Waals surface area (Å²) < 4.78 is 31.1. The first-order valence-corrected chi connectivity index (χ1v) is 9.00. The van der Waals surface area contributed by atoms with Gasteiger partial charge in [0.05, 0.1) is 13.2 Å². The minimum Gasteiger partial charge on any atom is -0.490 e. The number of ether oxygens (including phenoxy) is 3. The minimum absolute atomic E-state index is 0.0828. The lowest BCUT2D eigenvalue weighted by Gasteiger charge is -2.34. The first-order valence-electron chi connectivity index (χ1n) is 9.00. The van der Waals surface area contributed by atoms with Crippen LogP contribution in [0.2, 0.25) is 0 Å². The summed E-state index contributed by atoms with van der Waals surface area (Å²) in [4.78, 5) is 0. The van der Waals surface area contributed by atoms with E-state index in [2.05, 4.69) is 6.58 Å². The van der Waals surface area contributed by atoms with Gasteiger partial charge in [-0.25, -0.2) is 4.39 Å². The summed E-state index contributed by atoms with van der Waals surface area (Å²) >= 11 is 0. The Balaban J connectivity index is 1.63. The quantitative estimate of drug-likeness (QED) is 0.616. The summed E-state index contributed by atoms with van der Waals surface area (Å²) in [5.41, 5.74) is 1.73. The van der Waals surface area contributed by atoms with E-state index in [-0.39, 0.29) is 13.2 Å². The van der Waals surface area contributed by atoms with Gasteiger partial charge in [0.2, 0.25) is 0 Å². The van der Waals surface area contributed by atoms with E-state index >= 15 is 0 Å². The van der Waals surface area contributed by atoms with Crippen LogP contribution in [-0.2, 0) is 9.47 Å². The molecule has 0 spiro atoms. The van der Waals surface area contributed by atoms with Crippen molar-refractivity contribution in [3.63, 3.8) is 0 Å². The van der Waals surface area contributed by atoms with Crippen molar-refractivity contribution in [1.82, 2.24) is 0 Å². The Kier molecular flexibility index (Phi) is 6.07. The Morgan fingerprint density at radius 2 is 1.65 bits per heavy atom. The summed E-state index contributed by atoms with van der Waals surface area (Å²) in [5, 5.41) is 0. The maximum atomic E-state index is 14.4. The molecule has 26 heavy (non-hydrogen) atoms. The minimum atomic E-state index is -1.36. The van der Waals surface area contributed by atoms with Crippen molar-refractivity contribution in [2.45, 2.75) is 31.7 Å². The molecule has 138 valence electrons. The van der Waals surface area contributed by atoms with Crippen LogP contribution in [0.4, 0.5) is 4.39 Å². The summed E-state index contributed by atoms with van der Waals surface area (Å²) in [6, 6.07) is 15.9. The van der Waals surface area contributed by atoms with Crippen LogP contribution < -0.4 is 4.74 Å². The fourth-order valence-corrected chi connectivity index (χ4v) is 3.06. The highest BCUT2D eigenvalue weighted by molar-refractivity contribution is 5.64. The number of hydrogen-bond acceptors (Lipinski definition) is 3. The van der Waals surface area contributed by atoms with Crippen molar-refractivity contribution in [2.24, 2.45) is 0 Å². The van der Waals surface area contributed by atoms with Crippen LogP contribution in [0.15, 0.2) is 61.2 Å². The van der Waals surface area contributed by atoms with Crippen molar-refractivity contribution in [3.8, 4) is 16.9 Å². The topological polar surface area (TPSA) is 27.7 Å². The fraction of sp³-hybridized carbons (Fsp3) is 0.364. The van der Waals surface area contributed by atoms with Crippen molar-refractivity contribution in [2.75, 3.05) is 19.8 Å². The van der Waals surface area contributed by atoms with Crippen molar-refractivity contribution < 1.29 is 18.6 Å². The van der Waals surface area contributed by atoms with Crippen molar-refractivity contribution in [1.29, 1.82) is 0 Å². The number of hydrogen-bond donors (Lipinski definition) is 0. The Morgan fingerprint density at radius 1 is 1.08 bits per heavy atom. The van der Waals surface area contributed by atoms with Gasteiger partial charge in [-0.15, -0.1) is 0 Å².